The lowest BCUT2D eigenvalue weighted by atomic mass is 10.1. The van der Waals surface area contributed by atoms with Gasteiger partial charge in [0.25, 0.3) is 0 Å². The van der Waals surface area contributed by atoms with Gasteiger partial charge in [-0.25, -0.2) is 14.8 Å². The van der Waals surface area contributed by atoms with E-state index in [0.29, 0.717) is 18.1 Å². The number of aromatic nitrogens is 3. The highest BCUT2D eigenvalue weighted by Gasteiger charge is 2.15. The lowest BCUT2D eigenvalue weighted by Crippen LogP contribution is -2.09. The molecule has 1 aromatic carbocycles. The quantitative estimate of drug-likeness (QED) is 0.549. The van der Waals surface area contributed by atoms with Crippen LogP contribution >= 0.6 is 0 Å². The Labute approximate surface area is 127 Å². The zero-order valence-corrected chi connectivity index (χ0v) is 12.0. The number of carbonyl (C=O) groups is 1. The second kappa shape index (κ2) is 5.70. The summed E-state index contributed by atoms with van der Waals surface area (Å²) in [6.45, 7) is 2.05. The van der Waals surface area contributed by atoms with Gasteiger partial charge < -0.3 is 4.74 Å². The third kappa shape index (κ3) is 2.42. The summed E-state index contributed by atoms with van der Waals surface area (Å²) in [5, 5.41) is 0. The average molecular weight is 291 g/mol. The number of fused-ring (bicyclic) bond motifs is 1. The van der Waals surface area contributed by atoms with Crippen LogP contribution in [-0.2, 0) is 4.74 Å². The highest BCUT2D eigenvalue weighted by atomic mass is 16.5. The highest BCUT2D eigenvalue weighted by molar-refractivity contribution is 5.89. The summed E-state index contributed by atoms with van der Waals surface area (Å²) in [5.74, 6) is 2.72. The van der Waals surface area contributed by atoms with Crippen LogP contribution in [0.2, 0.25) is 0 Å². The van der Waals surface area contributed by atoms with Crippen molar-refractivity contribution in [3.05, 3.63) is 54.0 Å². The smallest absolute Gasteiger partial charge is 0.357 e. The van der Waals surface area contributed by atoms with Crippen molar-refractivity contribution in [2.45, 2.75) is 6.92 Å². The predicted octanol–water partition coefficient (Wildman–Crippen LogP) is 2.55. The minimum absolute atomic E-state index is 0.224. The Morgan fingerprint density at radius 2 is 2.27 bits per heavy atom. The van der Waals surface area contributed by atoms with Crippen molar-refractivity contribution >= 4 is 11.6 Å². The van der Waals surface area contributed by atoms with Gasteiger partial charge in [0.05, 0.1) is 6.61 Å². The Hall–Kier alpha value is -3.13. The molecule has 0 aliphatic heterocycles. The van der Waals surface area contributed by atoms with E-state index in [9.17, 15) is 4.79 Å². The molecule has 5 heteroatoms. The number of esters is 1. The molecule has 22 heavy (non-hydrogen) atoms. The molecule has 0 saturated carbocycles. The molecule has 0 N–H and O–H groups in total. The van der Waals surface area contributed by atoms with E-state index in [1.807, 2.05) is 24.3 Å². The van der Waals surface area contributed by atoms with Gasteiger partial charge in [0.2, 0.25) is 0 Å². The number of benzene rings is 1. The number of hydrogen-bond acceptors (Lipinski definition) is 4. The lowest BCUT2D eigenvalue weighted by molar-refractivity contribution is 0.0519. The zero-order chi connectivity index (χ0) is 15.5. The third-order valence-electron chi connectivity index (χ3n) is 3.16. The molecule has 0 aliphatic rings. The molecule has 0 unspecified atom stereocenters. The van der Waals surface area contributed by atoms with Gasteiger partial charge in [-0.05, 0) is 19.1 Å². The minimum atomic E-state index is -0.470. The number of hydrogen-bond donors (Lipinski definition) is 0. The largest absolute Gasteiger partial charge is 0.461 e. The van der Waals surface area contributed by atoms with Crippen LogP contribution in [-0.4, -0.2) is 26.9 Å². The molecule has 0 aliphatic carbocycles. The molecule has 108 valence electrons. The van der Waals surface area contributed by atoms with Crippen molar-refractivity contribution in [2.75, 3.05) is 6.61 Å². The number of ether oxygens (including phenoxy) is 1. The Morgan fingerprint density at radius 3 is 3.05 bits per heavy atom. The molecule has 0 atom stereocenters. The van der Waals surface area contributed by atoms with Gasteiger partial charge in [0, 0.05) is 29.6 Å². The molecular formula is C17H13N3O2. The van der Waals surface area contributed by atoms with Crippen LogP contribution < -0.4 is 0 Å². The van der Waals surface area contributed by atoms with Crippen LogP contribution in [0, 0.1) is 12.3 Å². The van der Waals surface area contributed by atoms with Gasteiger partial charge in [-0.2, -0.15) is 0 Å². The van der Waals surface area contributed by atoms with E-state index in [0.717, 1.165) is 11.1 Å². The van der Waals surface area contributed by atoms with Gasteiger partial charge in [0.1, 0.15) is 11.5 Å². The Kier molecular flexibility index (Phi) is 3.58. The molecule has 2 aromatic heterocycles. The number of imidazole rings is 1. The molecule has 5 nitrogen and oxygen atoms in total. The number of terminal acetylenes is 1. The average Bonchev–Trinajstić information content (AvgIpc) is 3.02. The normalized spacial score (nSPS) is 10.4. The molecule has 0 bridgehead atoms. The second-order valence-electron chi connectivity index (χ2n) is 4.57. The Morgan fingerprint density at radius 1 is 1.41 bits per heavy atom. The Bertz CT molecular complexity index is 890. The fraction of sp³-hybridized carbons (Fsp3) is 0.118. The lowest BCUT2D eigenvalue weighted by Gasteiger charge is -2.08. The maximum absolute atomic E-state index is 12.0. The van der Waals surface area contributed by atoms with E-state index in [-0.39, 0.29) is 5.69 Å². The molecule has 2 heterocycles. The van der Waals surface area contributed by atoms with E-state index >= 15 is 0 Å². The number of nitrogens with zero attached hydrogens (tertiary/aromatic N) is 3. The molecule has 0 amide bonds. The van der Waals surface area contributed by atoms with Gasteiger partial charge in [-0.1, -0.05) is 18.1 Å². The summed E-state index contributed by atoms with van der Waals surface area (Å²) in [4.78, 5) is 20.6. The van der Waals surface area contributed by atoms with Crippen molar-refractivity contribution in [3.8, 4) is 23.7 Å². The first-order valence-corrected chi connectivity index (χ1v) is 6.81. The van der Waals surface area contributed by atoms with E-state index < -0.39 is 5.97 Å². The van der Waals surface area contributed by atoms with E-state index in [4.69, 9.17) is 11.2 Å². The highest BCUT2D eigenvalue weighted by Crippen LogP contribution is 2.21. The van der Waals surface area contributed by atoms with Gasteiger partial charge in [0.15, 0.2) is 5.69 Å². The predicted molar refractivity (Wildman–Crippen MR) is 82.3 cm³/mol. The number of rotatable bonds is 3. The zero-order valence-electron chi connectivity index (χ0n) is 12.0. The Balaban J connectivity index is 2.21. The summed E-state index contributed by atoms with van der Waals surface area (Å²) >= 11 is 0. The van der Waals surface area contributed by atoms with Crippen molar-refractivity contribution < 1.29 is 9.53 Å². The van der Waals surface area contributed by atoms with Crippen molar-refractivity contribution in [3.63, 3.8) is 0 Å². The summed E-state index contributed by atoms with van der Waals surface area (Å²) in [6, 6.07) is 9.02. The first kappa shape index (κ1) is 13.8. The SMILES string of the molecule is C#Cc1cccc(-c2nc(C(=O)OCC)cc3nccn23)c1. The molecule has 0 spiro atoms. The molecule has 0 saturated heterocycles. The maximum Gasteiger partial charge on any atom is 0.357 e. The van der Waals surface area contributed by atoms with Gasteiger partial charge >= 0.3 is 5.97 Å². The van der Waals surface area contributed by atoms with E-state index in [1.165, 1.54) is 0 Å². The van der Waals surface area contributed by atoms with Crippen molar-refractivity contribution in [1.82, 2.24) is 14.4 Å². The van der Waals surface area contributed by atoms with Crippen LogP contribution in [0.25, 0.3) is 17.0 Å². The van der Waals surface area contributed by atoms with E-state index in [2.05, 4.69) is 15.9 Å². The monoisotopic (exact) mass is 291 g/mol. The fourth-order valence-electron chi connectivity index (χ4n) is 2.18. The van der Waals surface area contributed by atoms with Crippen LogP contribution in [0.3, 0.4) is 0 Å². The van der Waals surface area contributed by atoms with Crippen molar-refractivity contribution in [2.24, 2.45) is 0 Å². The van der Waals surface area contributed by atoms with Gasteiger partial charge in [-0.3, -0.25) is 4.40 Å². The molecule has 3 rings (SSSR count). The number of carbonyl (C=O) groups excluding carboxylic acids is 1. The van der Waals surface area contributed by atoms with Gasteiger partial charge in [-0.15, -0.1) is 6.42 Å². The van der Waals surface area contributed by atoms with Crippen LogP contribution in [0.4, 0.5) is 0 Å². The summed E-state index contributed by atoms with van der Waals surface area (Å²) < 4.78 is 6.82. The fourth-order valence-corrected chi connectivity index (χ4v) is 2.18. The first-order chi connectivity index (χ1) is 10.7. The summed E-state index contributed by atoms with van der Waals surface area (Å²) in [6.07, 6.45) is 8.88. The molecule has 0 fully saturated rings. The topological polar surface area (TPSA) is 56.5 Å². The summed E-state index contributed by atoms with van der Waals surface area (Å²) in [5.41, 5.74) is 2.40. The molecule has 3 aromatic rings. The first-order valence-electron chi connectivity index (χ1n) is 6.81. The molecule has 0 radical (unpaired) electrons. The van der Waals surface area contributed by atoms with Crippen LogP contribution in [0.5, 0.6) is 0 Å². The standard InChI is InChI=1S/C17H13N3O2/c1-3-12-6-5-7-13(10-12)16-19-14(17(21)22-4-2)11-15-18-8-9-20(15)16/h1,5-11H,4H2,2H3. The molecular weight excluding hydrogens is 278 g/mol. The summed E-state index contributed by atoms with van der Waals surface area (Å²) in [7, 11) is 0. The maximum atomic E-state index is 12.0. The van der Waals surface area contributed by atoms with Crippen molar-refractivity contribution in [1.29, 1.82) is 0 Å². The second-order valence-corrected chi connectivity index (χ2v) is 4.57. The van der Waals surface area contributed by atoms with E-state index in [1.54, 1.807) is 29.8 Å². The van der Waals surface area contributed by atoms with Crippen LogP contribution in [0.15, 0.2) is 42.7 Å². The third-order valence-corrected chi connectivity index (χ3v) is 3.16. The van der Waals surface area contributed by atoms with Crippen LogP contribution in [0.1, 0.15) is 23.0 Å². The minimum Gasteiger partial charge on any atom is -0.461 e.